The Bertz CT molecular complexity index is 677. The largest absolute Gasteiger partial charge is 0.376 e. The van der Waals surface area contributed by atoms with Crippen molar-refractivity contribution in [1.82, 2.24) is 0 Å². The topological polar surface area (TPSA) is 41.1 Å². The Balaban J connectivity index is 1.97. The van der Waals surface area contributed by atoms with E-state index < -0.39 is 0 Å². The molecule has 0 saturated carbocycles. The molecule has 0 spiro atoms. The van der Waals surface area contributed by atoms with Crippen LogP contribution in [0.1, 0.15) is 5.56 Å². The van der Waals surface area contributed by atoms with E-state index in [4.69, 9.17) is 23.2 Å². The molecule has 3 nitrogen and oxygen atoms in total. The van der Waals surface area contributed by atoms with Crippen LogP contribution in [0.25, 0.3) is 0 Å². The minimum Gasteiger partial charge on any atom is -0.376 e. The fraction of sp³-hybridized carbons (Fsp3) is 0.133. The van der Waals surface area contributed by atoms with Gasteiger partial charge in [0.25, 0.3) is 0 Å². The van der Waals surface area contributed by atoms with Gasteiger partial charge in [0.2, 0.25) is 5.91 Å². The summed E-state index contributed by atoms with van der Waals surface area (Å²) in [5, 5.41) is 6.56. The molecule has 0 radical (unpaired) electrons. The number of carbonyl (C=O) groups is 1. The summed E-state index contributed by atoms with van der Waals surface area (Å²) in [4.78, 5) is 11.9. The average Bonchev–Trinajstić information content (AvgIpc) is 2.43. The lowest BCUT2D eigenvalue weighted by atomic mass is 10.2. The highest BCUT2D eigenvalue weighted by atomic mass is 79.9. The van der Waals surface area contributed by atoms with Crippen molar-refractivity contribution in [3.8, 4) is 0 Å². The van der Waals surface area contributed by atoms with Gasteiger partial charge in [-0.25, -0.2) is 0 Å². The van der Waals surface area contributed by atoms with Crippen molar-refractivity contribution in [1.29, 1.82) is 0 Å². The van der Waals surface area contributed by atoms with E-state index in [2.05, 4.69) is 26.6 Å². The van der Waals surface area contributed by atoms with E-state index in [1.807, 2.05) is 25.1 Å². The molecule has 6 heteroatoms. The van der Waals surface area contributed by atoms with E-state index in [0.29, 0.717) is 15.7 Å². The second-order valence-corrected chi connectivity index (χ2v) is 6.16. The van der Waals surface area contributed by atoms with Gasteiger partial charge in [-0.3, -0.25) is 4.79 Å². The van der Waals surface area contributed by atoms with Crippen LogP contribution in [0.5, 0.6) is 0 Å². The van der Waals surface area contributed by atoms with Crippen LogP contribution in [0.3, 0.4) is 0 Å². The number of benzene rings is 2. The summed E-state index contributed by atoms with van der Waals surface area (Å²) in [5.74, 6) is -0.193. The van der Waals surface area contributed by atoms with Gasteiger partial charge in [0, 0.05) is 10.2 Å². The molecule has 0 saturated heterocycles. The molecule has 2 rings (SSSR count). The third-order valence-electron chi connectivity index (χ3n) is 2.85. The molecular formula is C15H13BrCl2N2O. The first-order valence-corrected chi connectivity index (χ1v) is 7.76. The lowest BCUT2D eigenvalue weighted by molar-refractivity contribution is -0.114. The van der Waals surface area contributed by atoms with Gasteiger partial charge in [-0.15, -0.1) is 0 Å². The predicted octanol–water partition coefficient (Wildman–Crippen LogP) is 5.11. The zero-order chi connectivity index (χ0) is 15.4. The number of anilines is 2. The summed E-state index contributed by atoms with van der Waals surface area (Å²) in [6.07, 6.45) is 0. The highest BCUT2D eigenvalue weighted by molar-refractivity contribution is 9.10. The Morgan fingerprint density at radius 1 is 1.19 bits per heavy atom. The minimum absolute atomic E-state index is 0.144. The van der Waals surface area contributed by atoms with Crippen molar-refractivity contribution in [3.63, 3.8) is 0 Å². The van der Waals surface area contributed by atoms with Gasteiger partial charge in [0.1, 0.15) is 0 Å². The zero-order valence-electron chi connectivity index (χ0n) is 11.2. The number of nitrogens with one attached hydrogen (secondary N) is 2. The maximum Gasteiger partial charge on any atom is 0.243 e. The molecular weight excluding hydrogens is 375 g/mol. The summed E-state index contributed by atoms with van der Waals surface area (Å²) in [7, 11) is 0. The van der Waals surface area contributed by atoms with E-state index in [1.165, 1.54) is 0 Å². The molecule has 0 aliphatic rings. The van der Waals surface area contributed by atoms with Crippen LogP contribution >= 0.6 is 39.1 Å². The van der Waals surface area contributed by atoms with E-state index in [9.17, 15) is 4.79 Å². The summed E-state index contributed by atoms with van der Waals surface area (Å²) < 4.78 is 1.00. The van der Waals surface area contributed by atoms with Crippen LogP contribution in [0.2, 0.25) is 10.0 Å². The Labute approximate surface area is 141 Å². The van der Waals surface area contributed by atoms with Gasteiger partial charge < -0.3 is 10.6 Å². The molecule has 2 N–H and O–H groups in total. The van der Waals surface area contributed by atoms with E-state index in [1.54, 1.807) is 18.2 Å². The quantitative estimate of drug-likeness (QED) is 0.764. The molecule has 0 heterocycles. The van der Waals surface area contributed by atoms with Crippen molar-refractivity contribution in [2.75, 3.05) is 17.2 Å². The van der Waals surface area contributed by atoms with Crippen LogP contribution in [0.15, 0.2) is 40.9 Å². The fourth-order valence-electron chi connectivity index (χ4n) is 1.80. The first kappa shape index (κ1) is 16.1. The lowest BCUT2D eigenvalue weighted by Gasteiger charge is -2.11. The first-order valence-electron chi connectivity index (χ1n) is 6.21. The average molecular weight is 388 g/mol. The molecule has 0 bridgehead atoms. The molecule has 0 unspecified atom stereocenters. The number of carbonyl (C=O) groups excluding carboxylic acids is 1. The molecule has 0 aliphatic heterocycles. The molecule has 1 amide bonds. The van der Waals surface area contributed by atoms with Crippen LogP contribution in [0, 0.1) is 6.92 Å². The fourth-order valence-corrected chi connectivity index (χ4v) is 2.62. The SMILES string of the molecule is Cc1cc(Br)ccc1NCC(=O)Nc1cccc(Cl)c1Cl. The standard InChI is InChI=1S/C15H13BrCl2N2O/c1-9-7-10(16)5-6-12(9)19-8-14(21)20-13-4-2-3-11(17)15(13)18/h2-7,19H,8H2,1H3,(H,20,21). The van der Waals surface area contributed by atoms with Gasteiger partial charge in [-0.2, -0.15) is 0 Å². The summed E-state index contributed by atoms with van der Waals surface area (Å²) in [5.41, 5.74) is 2.46. The van der Waals surface area contributed by atoms with E-state index >= 15 is 0 Å². The third-order valence-corrected chi connectivity index (χ3v) is 4.17. The van der Waals surface area contributed by atoms with Crippen molar-refractivity contribution in [3.05, 3.63) is 56.5 Å². The van der Waals surface area contributed by atoms with Crippen LogP contribution < -0.4 is 10.6 Å². The highest BCUT2D eigenvalue weighted by Gasteiger charge is 2.08. The van der Waals surface area contributed by atoms with Crippen molar-refractivity contribution in [2.24, 2.45) is 0 Å². The minimum atomic E-state index is -0.193. The van der Waals surface area contributed by atoms with Gasteiger partial charge in [0.15, 0.2) is 0 Å². The van der Waals surface area contributed by atoms with E-state index in [-0.39, 0.29) is 12.5 Å². The van der Waals surface area contributed by atoms with Crippen LogP contribution in [0.4, 0.5) is 11.4 Å². The number of rotatable bonds is 4. The molecule has 0 aromatic heterocycles. The van der Waals surface area contributed by atoms with Gasteiger partial charge in [0.05, 0.1) is 22.3 Å². The van der Waals surface area contributed by atoms with Gasteiger partial charge >= 0.3 is 0 Å². The number of hydrogen-bond acceptors (Lipinski definition) is 2. The number of halogens is 3. The monoisotopic (exact) mass is 386 g/mol. The molecule has 0 atom stereocenters. The third kappa shape index (κ3) is 4.37. The Kier molecular flexibility index (Phi) is 5.51. The van der Waals surface area contributed by atoms with Crippen molar-refractivity contribution >= 4 is 56.4 Å². The Hall–Kier alpha value is -1.23. The molecule has 0 aliphatic carbocycles. The smallest absolute Gasteiger partial charge is 0.243 e. The van der Waals surface area contributed by atoms with Gasteiger partial charge in [-0.05, 0) is 42.8 Å². The van der Waals surface area contributed by atoms with Gasteiger partial charge in [-0.1, -0.05) is 45.2 Å². The molecule has 2 aromatic rings. The first-order chi connectivity index (χ1) is 9.97. The molecule has 2 aromatic carbocycles. The highest BCUT2D eigenvalue weighted by Crippen LogP contribution is 2.29. The summed E-state index contributed by atoms with van der Waals surface area (Å²) >= 11 is 15.3. The number of aryl methyl sites for hydroxylation is 1. The number of hydrogen-bond donors (Lipinski definition) is 2. The van der Waals surface area contributed by atoms with Crippen LogP contribution in [-0.2, 0) is 4.79 Å². The predicted molar refractivity (Wildman–Crippen MR) is 92.5 cm³/mol. The van der Waals surface area contributed by atoms with E-state index in [0.717, 1.165) is 15.7 Å². The van der Waals surface area contributed by atoms with Crippen molar-refractivity contribution in [2.45, 2.75) is 6.92 Å². The summed E-state index contributed by atoms with van der Waals surface area (Å²) in [6.45, 7) is 2.12. The molecule has 0 fully saturated rings. The zero-order valence-corrected chi connectivity index (χ0v) is 14.3. The van der Waals surface area contributed by atoms with Crippen LogP contribution in [-0.4, -0.2) is 12.5 Å². The maximum atomic E-state index is 11.9. The number of amides is 1. The lowest BCUT2D eigenvalue weighted by Crippen LogP contribution is -2.22. The maximum absolute atomic E-state index is 11.9. The molecule has 110 valence electrons. The Morgan fingerprint density at radius 3 is 2.67 bits per heavy atom. The second-order valence-electron chi connectivity index (χ2n) is 4.46. The molecule has 21 heavy (non-hydrogen) atoms. The second kappa shape index (κ2) is 7.16. The summed E-state index contributed by atoms with van der Waals surface area (Å²) in [6, 6.07) is 10.9. The van der Waals surface area contributed by atoms with Crippen molar-refractivity contribution < 1.29 is 4.79 Å². The Morgan fingerprint density at radius 2 is 1.95 bits per heavy atom. The normalized spacial score (nSPS) is 10.3.